The summed E-state index contributed by atoms with van der Waals surface area (Å²) in [4.78, 5) is 0. The van der Waals surface area contributed by atoms with Crippen LogP contribution in [0.1, 0.15) is 34.1 Å². The fourth-order valence-electron chi connectivity index (χ4n) is 0.925. The molecule has 0 aromatic rings. The highest BCUT2D eigenvalue weighted by molar-refractivity contribution is 5.19. The lowest BCUT2D eigenvalue weighted by atomic mass is 9.87. The van der Waals surface area contributed by atoms with Gasteiger partial charge in [-0.25, -0.2) is 4.39 Å². The van der Waals surface area contributed by atoms with E-state index in [2.05, 4.69) is 18.5 Å². The largest absolute Gasteiger partial charge is 0.402 e. The van der Waals surface area contributed by atoms with Crippen LogP contribution >= 0.6 is 0 Å². The first-order valence-corrected chi connectivity index (χ1v) is 5.14. The van der Waals surface area contributed by atoms with Gasteiger partial charge in [0, 0.05) is 23.4 Å². The summed E-state index contributed by atoms with van der Waals surface area (Å²) in [5, 5.41) is 3.09. The number of halogens is 1. The molecule has 3 heteroatoms. The molecule has 0 aliphatic rings. The summed E-state index contributed by atoms with van der Waals surface area (Å²) in [6.45, 7) is 15.1. The van der Waals surface area contributed by atoms with Gasteiger partial charge in [0.2, 0.25) is 0 Å². The zero-order chi connectivity index (χ0) is 12.3. The van der Waals surface area contributed by atoms with Crippen LogP contribution in [0.4, 0.5) is 4.39 Å². The van der Waals surface area contributed by atoms with E-state index in [4.69, 9.17) is 5.73 Å². The maximum absolute atomic E-state index is 13.2. The van der Waals surface area contributed by atoms with Crippen molar-refractivity contribution >= 4 is 0 Å². The monoisotopic (exact) mass is 214 g/mol. The molecule has 0 saturated heterocycles. The second kappa shape index (κ2) is 4.69. The Morgan fingerprint density at radius 2 is 1.73 bits per heavy atom. The SMILES string of the molecule is C=C(N)C(C)(C)C(=C)NCCC(C)(C)F. The molecule has 0 saturated carbocycles. The van der Waals surface area contributed by atoms with E-state index in [0.717, 1.165) is 5.70 Å². The lowest BCUT2D eigenvalue weighted by Gasteiger charge is -2.28. The molecule has 0 aromatic heterocycles. The minimum Gasteiger partial charge on any atom is -0.402 e. The second-order valence-electron chi connectivity index (χ2n) is 5.02. The van der Waals surface area contributed by atoms with Crippen molar-refractivity contribution in [1.29, 1.82) is 0 Å². The molecule has 88 valence electrons. The Morgan fingerprint density at radius 3 is 2.07 bits per heavy atom. The van der Waals surface area contributed by atoms with Gasteiger partial charge in [0.15, 0.2) is 0 Å². The molecule has 0 radical (unpaired) electrons. The molecule has 0 rings (SSSR count). The number of hydrogen-bond acceptors (Lipinski definition) is 2. The van der Waals surface area contributed by atoms with Crippen molar-refractivity contribution in [2.75, 3.05) is 6.54 Å². The summed E-state index contributed by atoms with van der Waals surface area (Å²) >= 11 is 0. The van der Waals surface area contributed by atoms with E-state index < -0.39 is 5.67 Å². The highest BCUT2D eigenvalue weighted by atomic mass is 19.1. The highest BCUT2D eigenvalue weighted by Crippen LogP contribution is 2.27. The van der Waals surface area contributed by atoms with Crippen LogP contribution < -0.4 is 11.1 Å². The van der Waals surface area contributed by atoms with Gasteiger partial charge >= 0.3 is 0 Å². The zero-order valence-corrected chi connectivity index (χ0v) is 10.3. The van der Waals surface area contributed by atoms with Gasteiger partial charge in [0.25, 0.3) is 0 Å². The Morgan fingerprint density at radius 1 is 1.27 bits per heavy atom. The average molecular weight is 214 g/mol. The fourth-order valence-corrected chi connectivity index (χ4v) is 0.925. The Bertz CT molecular complexity index is 249. The third-order valence-electron chi connectivity index (χ3n) is 2.62. The molecular weight excluding hydrogens is 191 g/mol. The topological polar surface area (TPSA) is 38.0 Å². The molecule has 0 aromatic carbocycles. The quantitative estimate of drug-likeness (QED) is 0.713. The Labute approximate surface area is 92.4 Å². The van der Waals surface area contributed by atoms with Gasteiger partial charge in [-0.05, 0) is 34.1 Å². The van der Waals surface area contributed by atoms with Gasteiger partial charge in [0.05, 0.1) is 0 Å². The predicted octanol–water partition coefficient (Wildman–Crippen LogP) is 2.73. The van der Waals surface area contributed by atoms with Crippen molar-refractivity contribution in [3.63, 3.8) is 0 Å². The number of nitrogens with one attached hydrogen (secondary N) is 1. The Kier molecular flexibility index (Phi) is 4.38. The van der Waals surface area contributed by atoms with Crippen molar-refractivity contribution in [2.24, 2.45) is 11.1 Å². The standard InChI is InChI=1S/C12H23FN2/c1-9(14)12(5,6)10(2)15-8-7-11(3,4)13/h15H,1-2,7-8,14H2,3-6H3. The van der Waals surface area contributed by atoms with Gasteiger partial charge in [-0.3, -0.25) is 0 Å². The number of nitrogens with two attached hydrogens (primary N) is 1. The van der Waals surface area contributed by atoms with Gasteiger partial charge in [-0.2, -0.15) is 0 Å². The first kappa shape index (κ1) is 14.0. The minimum absolute atomic E-state index is 0.361. The Balaban J connectivity index is 4.11. The van der Waals surface area contributed by atoms with E-state index in [9.17, 15) is 4.39 Å². The molecule has 0 unspecified atom stereocenters. The second-order valence-corrected chi connectivity index (χ2v) is 5.02. The maximum atomic E-state index is 13.2. The third-order valence-corrected chi connectivity index (χ3v) is 2.62. The molecule has 0 amide bonds. The predicted molar refractivity (Wildman–Crippen MR) is 64.1 cm³/mol. The molecule has 0 atom stereocenters. The summed E-state index contributed by atoms with van der Waals surface area (Å²) in [5.41, 5.74) is 5.48. The first-order valence-electron chi connectivity index (χ1n) is 5.14. The number of alkyl halides is 1. The smallest absolute Gasteiger partial charge is 0.107 e. The molecule has 15 heavy (non-hydrogen) atoms. The van der Waals surface area contributed by atoms with Crippen molar-refractivity contribution < 1.29 is 4.39 Å². The van der Waals surface area contributed by atoms with Gasteiger partial charge in [-0.1, -0.05) is 13.2 Å². The van der Waals surface area contributed by atoms with Crippen LogP contribution in [-0.4, -0.2) is 12.2 Å². The summed E-state index contributed by atoms with van der Waals surface area (Å²) in [6, 6.07) is 0. The molecule has 3 N–H and O–H groups in total. The van der Waals surface area contributed by atoms with E-state index in [-0.39, 0.29) is 5.41 Å². The molecular formula is C12H23FN2. The molecule has 0 heterocycles. The number of rotatable bonds is 6. The van der Waals surface area contributed by atoms with Gasteiger partial charge in [0.1, 0.15) is 5.67 Å². The lowest BCUT2D eigenvalue weighted by Crippen LogP contribution is -2.32. The molecule has 0 aliphatic heterocycles. The maximum Gasteiger partial charge on any atom is 0.107 e. The fraction of sp³-hybridized carbons (Fsp3) is 0.667. The van der Waals surface area contributed by atoms with E-state index in [1.165, 1.54) is 0 Å². The van der Waals surface area contributed by atoms with E-state index in [0.29, 0.717) is 18.7 Å². The van der Waals surface area contributed by atoms with Crippen molar-refractivity contribution in [3.05, 3.63) is 24.6 Å². The minimum atomic E-state index is -1.16. The molecule has 0 bridgehead atoms. The van der Waals surface area contributed by atoms with Crippen LogP contribution in [0.2, 0.25) is 0 Å². The van der Waals surface area contributed by atoms with Crippen LogP contribution in [-0.2, 0) is 0 Å². The molecule has 0 aliphatic carbocycles. The molecule has 2 nitrogen and oxygen atoms in total. The van der Waals surface area contributed by atoms with E-state index >= 15 is 0 Å². The lowest BCUT2D eigenvalue weighted by molar-refractivity contribution is 0.201. The Hall–Kier alpha value is -0.990. The van der Waals surface area contributed by atoms with Crippen LogP contribution in [0.3, 0.4) is 0 Å². The highest BCUT2D eigenvalue weighted by Gasteiger charge is 2.24. The molecule has 0 fully saturated rings. The average Bonchev–Trinajstić information content (AvgIpc) is 2.01. The summed E-state index contributed by atoms with van der Waals surface area (Å²) in [6.07, 6.45) is 0.444. The summed E-state index contributed by atoms with van der Waals surface area (Å²) in [5.74, 6) is 0. The summed E-state index contributed by atoms with van der Waals surface area (Å²) < 4.78 is 13.2. The normalized spacial score (nSPS) is 12.3. The van der Waals surface area contributed by atoms with Gasteiger partial charge < -0.3 is 11.1 Å². The van der Waals surface area contributed by atoms with Gasteiger partial charge in [-0.15, -0.1) is 0 Å². The van der Waals surface area contributed by atoms with Crippen LogP contribution in [0.5, 0.6) is 0 Å². The third kappa shape index (κ3) is 4.86. The van der Waals surface area contributed by atoms with E-state index in [1.54, 1.807) is 13.8 Å². The zero-order valence-electron chi connectivity index (χ0n) is 10.3. The summed E-state index contributed by atoms with van der Waals surface area (Å²) in [7, 11) is 0. The van der Waals surface area contributed by atoms with Crippen LogP contribution in [0, 0.1) is 5.41 Å². The van der Waals surface area contributed by atoms with Crippen LogP contribution in [0.15, 0.2) is 24.6 Å². The van der Waals surface area contributed by atoms with Crippen molar-refractivity contribution in [1.82, 2.24) is 5.32 Å². The van der Waals surface area contributed by atoms with Crippen LogP contribution in [0.25, 0.3) is 0 Å². The van der Waals surface area contributed by atoms with Crippen molar-refractivity contribution in [2.45, 2.75) is 39.8 Å². The first-order chi connectivity index (χ1) is 6.57. The number of hydrogen-bond donors (Lipinski definition) is 2. The molecule has 0 spiro atoms. The van der Waals surface area contributed by atoms with E-state index in [1.807, 2.05) is 13.8 Å². The van der Waals surface area contributed by atoms with Crippen molar-refractivity contribution in [3.8, 4) is 0 Å².